The van der Waals surface area contributed by atoms with Gasteiger partial charge in [0, 0.05) is 16.7 Å². The lowest BCUT2D eigenvalue weighted by atomic mass is 10.0. The molecule has 0 heterocycles. The molecule has 0 aliphatic heterocycles. The summed E-state index contributed by atoms with van der Waals surface area (Å²) in [4.78, 5) is 77.9. The highest BCUT2D eigenvalue weighted by Gasteiger charge is 2.42. The normalized spacial score (nSPS) is 11.9. The summed E-state index contributed by atoms with van der Waals surface area (Å²) in [5, 5.41) is 13.0. The summed E-state index contributed by atoms with van der Waals surface area (Å²) < 4.78 is 20.4. The number of esters is 1. The van der Waals surface area contributed by atoms with Gasteiger partial charge in [0.2, 0.25) is 6.79 Å². The molecule has 14 nitrogen and oxygen atoms in total. The quantitative estimate of drug-likeness (QED) is 0.212. The van der Waals surface area contributed by atoms with Gasteiger partial charge in [0.05, 0.1) is 19.1 Å². The van der Waals surface area contributed by atoms with Crippen molar-refractivity contribution in [1.82, 2.24) is 15.3 Å². The van der Waals surface area contributed by atoms with Crippen LogP contribution in [0.4, 0.5) is 9.59 Å². The van der Waals surface area contributed by atoms with Crippen molar-refractivity contribution >= 4 is 35.9 Å². The number of carboxylic acid groups (broad SMARTS) is 1. The van der Waals surface area contributed by atoms with Crippen LogP contribution >= 0.6 is 0 Å². The molecule has 4 amide bonds. The zero-order valence-corrected chi connectivity index (χ0v) is 28.4. The summed E-state index contributed by atoms with van der Waals surface area (Å²) in [6, 6.07) is 8.00. The molecular formula is C33H43N3O11. The van der Waals surface area contributed by atoms with Crippen LogP contribution in [0.25, 0.3) is 0 Å². The molecule has 0 radical (unpaired) electrons. The molecule has 0 aliphatic carbocycles. The number of benzene rings is 2. The molecule has 0 fully saturated rings. The fourth-order valence-electron chi connectivity index (χ4n) is 4.43. The monoisotopic (exact) mass is 657 g/mol. The van der Waals surface area contributed by atoms with Crippen LogP contribution in [0.3, 0.4) is 0 Å². The Morgan fingerprint density at radius 1 is 0.872 bits per heavy atom. The first-order valence-corrected chi connectivity index (χ1v) is 14.6. The van der Waals surface area contributed by atoms with Crippen molar-refractivity contribution in [3.8, 4) is 5.75 Å². The lowest BCUT2D eigenvalue weighted by molar-refractivity contribution is -0.157. The molecular weight excluding hydrogens is 614 g/mol. The number of carboxylic acids is 1. The Kier molecular flexibility index (Phi) is 12.5. The zero-order valence-electron chi connectivity index (χ0n) is 28.4. The first-order chi connectivity index (χ1) is 21.7. The molecule has 0 saturated carbocycles. The Morgan fingerprint density at radius 2 is 1.47 bits per heavy atom. The van der Waals surface area contributed by atoms with E-state index >= 15 is 0 Å². The third kappa shape index (κ3) is 10.7. The fourth-order valence-corrected chi connectivity index (χ4v) is 4.43. The summed E-state index contributed by atoms with van der Waals surface area (Å²) in [6.45, 7) is 13.7. The van der Waals surface area contributed by atoms with E-state index < -0.39 is 66.3 Å². The molecule has 14 heteroatoms. The van der Waals surface area contributed by atoms with Gasteiger partial charge in [-0.2, -0.15) is 0 Å². The van der Waals surface area contributed by atoms with Crippen LogP contribution in [0.1, 0.15) is 85.4 Å². The maximum absolute atomic E-state index is 14.1. The number of carbonyl (C=O) groups is 6. The number of hydrogen-bond donors (Lipinski definition) is 2. The van der Waals surface area contributed by atoms with E-state index in [9.17, 15) is 33.9 Å². The highest BCUT2D eigenvalue weighted by molar-refractivity contribution is 6.07. The lowest BCUT2D eigenvalue weighted by Crippen LogP contribution is -2.60. The van der Waals surface area contributed by atoms with Crippen LogP contribution in [0, 0.1) is 20.8 Å². The van der Waals surface area contributed by atoms with E-state index in [2.05, 4.69) is 5.32 Å². The van der Waals surface area contributed by atoms with Gasteiger partial charge < -0.3 is 29.4 Å². The fraction of sp³-hybridized carbons (Fsp3) is 0.455. The highest BCUT2D eigenvalue weighted by atomic mass is 16.7. The number of alkyl carbamates (subject to hydrolysis) is 1. The van der Waals surface area contributed by atoms with Crippen LogP contribution in [0.15, 0.2) is 36.4 Å². The predicted octanol–water partition coefficient (Wildman–Crippen LogP) is 4.92. The second-order valence-electron chi connectivity index (χ2n) is 12.7. The Morgan fingerprint density at radius 3 is 1.98 bits per heavy atom. The Labute approximate surface area is 273 Å². The average molecular weight is 658 g/mol. The lowest BCUT2D eigenvalue weighted by Gasteiger charge is -2.41. The molecule has 0 aliphatic rings. The predicted molar refractivity (Wildman–Crippen MR) is 169 cm³/mol. The van der Waals surface area contributed by atoms with Crippen LogP contribution in [0.5, 0.6) is 5.75 Å². The Hall–Kier alpha value is -5.14. The van der Waals surface area contributed by atoms with Crippen LogP contribution in [-0.4, -0.2) is 82.1 Å². The molecule has 47 heavy (non-hydrogen) atoms. The standard InChI is InChI=1S/C33H43N3O11/c1-19-14-20(2)16-22(15-19)27(38)36(32(4,5)6)35(28(39)23-12-11-13-25(44-10)21(23)3)31(43)46-18-45-26(37)17-24(29(40)41)34-30(42)47-33(7,8)9/h11-16,24H,17-18H2,1-10H3,(H,34,42)(H,40,41). The number of aliphatic carboxylic acids is 1. The molecule has 2 rings (SSSR count). The van der Waals surface area contributed by atoms with E-state index in [1.165, 1.54) is 13.2 Å². The van der Waals surface area contributed by atoms with Gasteiger partial charge >= 0.3 is 24.1 Å². The summed E-state index contributed by atoms with van der Waals surface area (Å²) in [6.07, 6.45) is -3.27. The number of hydrazine groups is 1. The van der Waals surface area contributed by atoms with E-state index in [0.29, 0.717) is 16.3 Å². The van der Waals surface area contributed by atoms with E-state index in [1.54, 1.807) is 86.6 Å². The Bertz CT molecular complexity index is 1500. The van der Waals surface area contributed by atoms with Crippen LogP contribution in [-0.2, 0) is 23.8 Å². The van der Waals surface area contributed by atoms with E-state index in [0.717, 1.165) is 16.1 Å². The zero-order chi connectivity index (χ0) is 35.9. The molecule has 2 aromatic carbocycles. The number of hydrogen-bond acceptors (Lipinski definition) is 10. The van der Waals surface area contributed by atoms with Crippen molar-refractivity contribution in [2.45, 2.75) is 85.9 Å². The number of nitrogens with zero attached hydrogens (tertiary/aromatic N) is 2. The van der Waals surface area contributed by atoms with Gasteiger partial charge in [-0.25, -0.2) is 19.4 Å². The molecule has 2 aromatic rings. The molecule has 0 spiro atoms. The maximum Gasteiger partial charge on any atom is 0.439 e. The van der Waals surface area contributed by atoms with Crippen molar-refractivity contribution in [2.75, 3.05) is 13.9 Å². The van der Waals surface area contributed by atoms with Crippen molar-refractivity contribution in [2.24, 2.45) is 0 Å². The summed E-state index contributed by atoms with van der Waals surface area (Å²) in [7, 11) is 1.42. The van der Waals surface area contributed by atoms with Gasteiger partial charge in [0.1, 0.15) is 17.4 Å². The largest absolute Gasteiger partial charge is 0.496 e. The number of amides is 4. The molecule has 1 atom stereocenters. The summed E-state index contributed by atoms with van der Waals surface area (Å²) in [5.41, 5.74) is 0.0729. The van der Waals surface area contributed by atoms with Crippen molar-refractivity contribution in [1.29, 1.82) is 0 Å². The third-order valence-corrected chi connectivity index (χ3v) is 6.36. The van der Waals surface area contributed by atoms with E-state index in [1.807, 2.05) is 6.07 Å². The first-order valence-electron chi connectivity index (χ1n) is 14.6. The number of methoxy groups -OCH3 is 1. The topological polar surface area (TPSA) is 178 Å². The number of rotatable bonds is 9. The number of ether oxygens (including phenoxy) is 4. The second-order valence-corrected chi connectivity index (χ2v) is 12.7. The minimum Gasteiger partial charge on any atom is -0.496 e. The van der Waals surface area contributed by atoms with E-state index in [-0.39, 0.29) is 11.1 Å². The average Bonchev–Trinajstić information content (AvgIpc) is 2.92. The third-order valence-electron chi connectivity index (χ3n) is 6.36. The molecule has 0 saturated heterocycles. The minimum absolute atomic E-state index is 0.0262. The van der Waals surface area contributed by atoms with Crippen molar-refractivity contribution in [3.63, 3.8) is 0 Å². The van der Waals surface area contributed by atoms with Crippen molar-refractivity contribution in [3.05, 3.63) is 64.2 Å². The number of imide groups is 1. The summed E-state index contributed by atoms with van der Waals surface area (Å²) >= 11 is 0. The van der Waals surface area contributed by atoms with Gasteiger partial charge in [0.15, 0.2) is 0 Å². The molecule has 2 N–H and O–H groups in total. The van der Waals surface area contributed by atoms with Gasteiger partial charge in [-0.1, -0.05) is 23.3 Å². The Balaban J connectivity index is 2.40. The molecule has 256 valence electrons. The van der Waals surface area contributed by atoms with Crippen LogP contribution < -0.4 is 10.1 Å². The maximum atomic E-state index is 14.1. The first kappa shape index (κ1) is 38.0. The highest BCUT2D eigenvalue weighted by Crippen LogP contribution is 2.27. The molecule has 0 aromatic heterocycles. The number of nitrogens with one attached hydrogen (secondary N) is 1. The number of carbonyl (C=O) groups excluding carboxylic acids is 5. The van der Waals surface area contributed by atoms with E-state index in [4.69, 9.17) is 18.9 Å². The van der Waals surface area contributed by atoms with Gasteiger partial charge in [-0.15, -0.1) is 5.01 Å². The van der Waals surface area contributed by atoms with Gasteiger partial charge in [-0.05, 0) is 86.6 Å². The second kappa shape index (κ2) is 15.4. The smallest absolute Gasteiger partial charge is 0.439 e. The summed E-state index contributed by atoms with van der Waals surface area (Å²) in [5.74, 6) is -3.96. The SMILES string of the molecule is COc1cccc(C(=O)N(C(=O)OCOC(=O)CC(NC(=O)OC(C)(C)C)C(=O)O)N(C(=O)c2cc(C)cc(C)c2)C(C)(C)C)c1C. The molecule has 1 unspecified atom stereocenters. The van der Waals surface area contributed by atoms with Gasteiger partial charge in [0.25, 0.3) is 11.8 Å². The number of aryl methyl sites for hydroxylation is 2. The van der Waals surface area contributed by atoms with Gasteiger partial charge in [-0.3, -0.25) is 14.4 Å². The minimum atomic E-state index is -1.71. The van der Waals surface area contributed by atoms with Crippen molar-refractivity contribution < 1.29 is 52.8 Å². The van der Waals surface area contributed by atoms with Crippen LogP contribution in [0.2, 0.25) is 0 Å². The molecule has 0 bridgehead atoms.